The summed E-state index contributed by atoms with van der Waals surface area (Å²) >= 11 is 1.41. The average molecular weight is 385 g/mol. The first kappa shape index (κ1) is 18.7. The SMILES string of the molecule is Cc1cc(CSc2ccccc2C(=O)NNC(=O)c2ccccc2F)on1. The van der Waals surface area contributed by atoms with Crippen LogP contribution >= 0.6 is 11.8 Å². The molecule has 1 heterocycles. The van der Waals surface area contributed by atoms with Crippen molar-refractivity contribution < 1.29 is 18.5 Å². The van der Waals surface area contributed by atoms with E-state index in [-0.39, 0.29) is 5.56 Å². The number of halogens is 1. The van der Waals surface area contributed by atoms with Crippen LogP contribution in [0.4, 0.5) is 4.39 Å². The van der Waals surface area contributed by atoms with E-state index in [1.165, 1.54) is 36.0 Å². The molecule has 0 unspecified atom stereocenters. The number of nitrogens with one attached hydrogen (secondary N) is 2. The van der Waals surface area contributed by atoms with E-state index < -0.39 is 17.6 Å². The van der Waals surface area contributed by atoms with Crippen molar-refractivity contribution in [1.82, 2.24) is 16.0 Å². The molecular weight excluding hydrogens is 369 g/mol. The van der Waals surface area contributed by atoms with Crippen molar-refractivity contribution in [2.24, 2.45) is 0 Å². The van der Waals surface area contributed by atoms with Crippen molar-refractivity contribution in [2.45, 2.75) is 17.6 Å². The van der Waals surface area contributed by atoms with Crippen LogP contribution in [0.25, 0.3) is 0 Å². The molecule has 0 aliphatic carbocycles. The lowest BCUT2D eigenvalue weighted by atomic mass is 10.2. The van der Waals surface area contributed by atoms with Crippen LogP contribution in [0.1, 0.15) is 32.2 Å². The average Bonchev–Trinajstić information content (AvgIpc) is 3.10. The van der Waals surface area contributed by atoms with Crippen LogP contribution in [0.5, 0.6) is 0 Å². The third-order valence-electron chi connectivity index (χ3n) is 3.59. The fourth-order valence-electron chi connectivity index (χ4n) is 2.31. The van der Waals surface area contributed by atoms with Gasteiger partial charge in [0.2, 0.25) is 0 Å². The first-order valence-corrected chi connectivity index (χ1v) is 9.02. The van der Waals surface area contributed by atoms with Crippen molar-refractivity contribution in [1.29, 1.82) is 0 Å². The quantitative estimate of drug-likeness (QED) is 0.519. The maximum Gasteiger partial charge on any atom is 0.272 e. The van der Waals surface area contributed by atoms with Crippen molar-refractivity contribution in [2.75, 3.05) is 0 Å². The Morgan fingerprint density at radius 1 is 1.04 bits per heavy atom. The molecule has 0 radical (unpaired) electrons. The van der Waals surface area contributed by atoms with Gasteiger partial charge in [0.15, 0.2) is 0 Å². The molecule has 0 atom stereocenters. The van der Waals surface area contributed by atoms with Crippen molar-refractivity contribution in [3.8, 4) is 0 Å². The molecule has 0 bridgehead atoms. The highest BCUT2D eigenvalue weighted by Crippen LogP contribution is 2.26. The molecule has 0 spiro atoms. The van der Waals surface area contributed by atoms with Gasteiger partial charge in [0.05, 0.1) is 22.6 Å². The number of amides is 2. The van der Waals surface area contributed by atoms with Crippen molar-refractivity contribution >= 4 is 23.6 Å². The van der Waals surface area contributed by atoms with Gasteiger partial charge in [-0.25, -0.2) is 4.39 Å². The van der Waals surface area contributed by atoms with E-state index in [4.69, 9.17) is 4.52 Å². The summed E-state index contributed by atoms with van der Waals surface area (Å²) in [5.74, 6) is -0.699. The number of carbonyl (C=O) groups is 2. The number of benzene rings is 2. The fourth-order valence-corrected chi connectivity index (χ4v) is 3.23. The predicted octanol–water partition coefficient (Wildman–Crippen LogP) is 3.49. The van der Waals surface area contributed by atoms with Crippen LogP contribution in [-0.2, 0) is 5.75 Å². The zero-order valence-electron chi connectivity index (χ0n) is 14.4. The van der Waals surface area contributed by atoms with Crippen LogP contribution in [0.15, 0.2) is 64.0 Å². The third kappa shape index (κ3) is 4.73. The number of aryl methyl sites for hydroxylation is 1. The molecule has 3 rings (SSSR count). The van der Waals surface area contributed by atoms with E-state index >= 15 is 0 Å². The van der Waals surface area contributed by atoms with Gasteiger partial charge in [-0.05, 0) is 31.2 Å². The smallest absolute Gasteiger partial charge is 0.272 e. The van der Waals surface area contributed by atoms with Crippen LogP contribution in [0, 0.1) is 12.7 Å². The van der Waals surface area contributed by atoms with Crippen LogP contribution < -0.4 is 10.9 Å². The van der Waals surface area contributed by atoms with Gasteiger partial charge in [-0.15, -0.1) is 11.8 Å². The summed E-state index contributed by atoms with van der Waals surface area (Å²) in [5, 5.41) is 3.83. The summed E-state index contributed by atoms with van der Waals surface area (Å²) in [6.45, 7) is 1.83. The minimum absolute atomic E-state index is 0.152. The number of thioether (sulfide) groups is 1. The number of hydrogen-bond acceptors (Lipinski definition) is 5. The Morgan fingerprint density at radius 2 is 1.67 bits per heavy atom. The summed E-state index contributed by atoms with van der Waals surface area (Å²) in [5.41, 5.74) is 5.55. The molecule has 0 aliphatic rings. The second-order valence-corrected chi connectivity index (χ2v) is 6.62. The molecule has 8 heteroatoms. The topological polar surface area (TPSA) is 84.2 Å². The van der Waals surface area contributed by atoms with E-state index in [0.29, 0.717) is 22.0 Å². The lowest BCUT2D eigenvalue weighted by molar-refractivity contribution is 0.0842. The monoisotopic (exact) mass is 385 g/mol. The molecule has 138 valence electrons. The molecule has 6 nitrogen and oxygen atoms in total. The Kier molecular flexibility index (Phi) is 5.87. The van der Waals surface area contributed by atoms with E-state index in [0.717, 1.165) is 5.69 Å². The number of aromatic nitrogens is 1. The van der Waals surface area contributed by atoms with Crippen molar-refractivity contribution in [3.05, 3.63) is 83.0 Å². The maximum absolute atomic E-state index is 13.6. The van der Waals surface area contributed by atoms with Gasteiger partial charge in [0.1, 0.15) is 11.6 Å². The second kappa shape index (κ2) is 8.50. The Balaban J connectivity index is 1.64. The van der Waals surface area contributed by atoms with E-state index in [2.05, 4.69) is 16.0 Å². The maximum atomic E-state index is 13.6. The molecule has 2 aromatic carbocycles. The number of hydrazine groups is 1. The van der Waals surface area contributed by atoms with Crippen LogP contribution in [0.2, 0.25) is 0 Å². The van der Waals surface area contributed by atoms with Crippen molar-refractivity contribution in [3.63, 3.8) is 0 Å². The molecule has 3 aromatic rings. The normalized spacial score (nSPS) is 10.4. The van der Waals surface area contributed by atoms with Gasteiger partial charge < -0.3 is 4.52 Å². The Bertz CT molecular complexity index is 974. The summed E-state index contributed by atoms with van der Waals surface area (Å²) in [7, 11) is 0. The van der Waals surface area contributed by atoms with Crippen LogP contribution in [-0.4, -0.2) is 17.0 Å². The number of rotatable bonds is 5. The van der Waals surface area contributed by atoms with Gasteiger partial charge in [0, 0.05) is 11.0 Å². The largest absolute Gasteiger partial charge is 0.360 e. The summed E-state index contributed by atoms with van der Waals surface area (Å²) in [6.07, 6.45) is 0. The predicted molar refractivity (Wildman–Crippen MR) is 98.6 cm³/mol. The lowest BCUT2D eigenvalue weighted by Crippen LogP contribution is -2.42. The molecule has 1 aromatic heterocycles. The zero-order valence-corrected chi connectivity index (χ0v) is 15.2. The second-order valence-electron chi connectivity index (χ2n) is 5.61. The minimum atomic E-state index is -0.733. The van der Waals surface area contributed by atoms with Gasteiger partial charge in [-0.2, -0.15) is 0 Å². The molecule has 0 fully saturated rings. The number of carbonyl (C=O) groups excluding carboxylic acids is 2. The highest BCUT2D eigenvalue weighted by molar-refractivity contribution is 7.98. The molecule has 2 amide bonds. The first-order valence-electron chi connectivity index (χ1n) is 8.04. The van der Waals surface area contributed by atoms with Crippen LogP contribution in [0.3, 0.4) is 0 Å². The summed E-state index contributed by atoms with van der Waals surface area (Å²) in [6, 6.07) is 14.3. The highest BCUT2D eigenvalue weighted by Gasteiger charge is 2.15. The molecule has 2 N–H and O–H groups in total. The Morgan fingerprint density at radius 3 is 2.33 bits per heavy atom. The summed E-state index contributed by atoms with van der Waals surface area (Å²) in [4.78, 5) is 25.2. The third-order valence-corrected chi connectivity index (χ3v) is 4.68. The molecule has 0 saturated carbocycles. The Labute approximate surface area is 159 Å². The zero-order chi connectivity index (χ0) is 19.2. The molecular formula is C19H16FN3O3S. The van der Waals surface area contributed by atoms with Gasteiger partial charge in [-0.3, -0.25) is 20.4 Å². The molecule has 27 heavy (non-hydrogen) atoms. The molecule has 0 saturated heterocycles. The van der Waals surface area contributed by atoms with E-state index in [1.807, 2.05) is 19.1 Å². The van der Waals surface area contributed by atoms with Gasteiger partial charge >= 0.3 is 0 Å². The summed E-state index contributed by atoms with van der Waals surface area (Å²) < 4.78 is 18.8. The fraction of sp³-hybridized carbons (Fsp3) is 0.105. The minimum Gasteiger partial charge on any atom is -0.360 e. The lowest BCUT2D eigenvalue weighted by Gasteiger charge is -2.10. The standard InChI is InChI=1S/C19H16FN3O3S/c1-12-10-13(26-23-12)11-27-17-9-5-3-7-15(17)19(25)22-21-18(24)14-6-2-4-8-16(14)20/h2-10H,11H2,1H3,(H,21,24)(H,22,25). The van der Waals surface area contributed by atoms with Gasteiger partial charge in [-0.1, -0.05) is 29.4 Å². The molecule has 0 aliphatic heterocycles. The van der Waals surface area contributed by atoms with E-state index in [9.17, 15) is 14.0 Å². The highest BCUT2D eigenvalue weighted by atomic mass is 32.2. The number of hydrogen-bond donors (Lipinski definition) is 2. The van der Waals surface area contributed by atoms with Gasteiger partial charge in [0.25, 0.3) is 11.8 Å². The first-order chi connectivity index (χ1) is 13.0. The van der Waals surface area contributed by atoms with E-state index in [1.54, 1.807) is 18.2 Å². The Hall–Kier alpha value is -3.13. The number of nitrogens with zero attached hydrogens (tertiary/aromatic N) is 1.